The van der Waals surface area contributed by atoms with Gasteiger partial charge in [-0.25, -0.2) is 0 Å². The van der Waals surface area contributed by atoms with Crippen LogP contribution in [0, 0.1) is 5.92 Å². The van der Waals surface area contributed by atoms with Crippen molar-refractivity contribution in [3.63, 3.8) is 0 Å². The van der Waals surface area contributed by atoms with Crippen LogP contribution in [0.25, 0.3) is 0 Å². The van der Waals surface area contributed by atoms with Gasteiger partial charge in [-0.2, -0.15) is 0 Å². The van der Waals surface area contributed by atoms with Crippen LogP contribution in [0.3, 0.4) is 0 Å². The Morgan fingerprint density at radius 1 is 1.20 bits per heavy atom. The molecule has 15 heavy (non-hydrogen) atoms. The van der Waals surface area contributed by atoms with Crippen LogP contribution in [0.5, 0.6) is 0 Å². The summed E-state index contributed by atoms with van der Waals surface area (Å²) in [7, 11) is 2.10. The van der Waals surface area contributed by atoms with E-state index in [1.165, 1.54) is 51.6 Å². The van der Waals surface area contributed by atoms with E-state index in [-0.39, 0.29) is 0 Å². The highest BCUT2D eigenvalue weighted by molar-refractivity contribution is 4.84. The number of piperidine rings is 1. The summed E-state index contributed by atoms with van der Waals surface area (Å²) in [6, 6.07) is 1.55. The number of likely N-dealkylation sites (tertiary alicyclic amines) is 1. The molecule has 0 aromatic rings. The van der Waals surface area contributed by atoms with E-state index >= 15 is 0 Å². The van der Waals surface area contributed by atoms with Crippen LogP contribution in [-0.4, -0.2) is 37.1 Å². The first kappa shape index (κ1) is 11.4. The van der Waals surface area contributed by atoms with Crippen molar-refractivity contribution in [1.29, 1.82) is 0 Å². The predicted octanol–water partition coefficient (Wildman–Crippen LogP) is 2.25. The second kappa shape index (κ2) is 5.31. The normalized spacial score (nSPS) is 34.8. The molecular formula is C13H26N2. The Balaban J connectivity index is 1.77. The first-order valence-electron chi connectivity index (χ1n) is 6.71. The number of hydrogen-bond donors (Lipinski definition) is 1. The molecule has 0 aromatic heterocycles. The summed E-state index contributed by atoms with van der Waals surface area (Å²) in [5.74, 6) is 1.01. The Bertz CT molecular complexity index is 187. The summed E-state index contributed by atoms with van der Waals surface area (Å²) in [6.45, 7) is 5.08. The maximum absolute atomic E-state index is 3.42. The van der Waals surface area contributed by atoms with Gasteiger partial charge < -0.3 is 10.2 Å². The average molecular weight is 210 g/mol. The summed E-state index contributed by atoms with van der Waals surface area (Å²) >= 11 is 0. The Labute approximate surface area is 94.4 Å². The lowest BCUT2D eigenvalue weighted by Gasteiger charge is -2.38. The fourth-order valence-electron chi connectivity index (χ4n) is 3.28. The lowest BCUT2D eigenvalue weighted by atomic mass is 9.96. The van der Waals surface area contributed by atoms with Crippen molar-refractivity contribution in [2.45, 2.75) is 57.5 Å². The van der Waals surface area contributed by atoms with E-state index < -0.39 is 0 Å². The highest BCUT2D eigenvalue weighted by atomic mass is 15.2. The smallest absolute Gasteiger partial charge is 0.00910 e. The van der Waals surface area contributed by atoms with E-state index in [4.69, 9.17) is 0 Å². The first-order chi connectivity index (χ1) is 7.29. The van der Waals surface area contributed by atoms with E-state index in [1.807, 2.05) is 0 Å². The summed E-state index contributed by atoms with van der Waals surface area (Å²) in [5, 5.41) is 3.42. The fourth-order valence-corrected chi connectivity index (χ4v) is 3.28. The van der Waals surface area contributed by atoms with E-state index in [2.05, 4.69) is 24.2 Å². The molecule has 1 saturated heterocycles. The molecule has 2 rings (SSSR count). The Morgan fingerprint density at radius 3 is 2.53 bits per heavy atom. The molecule has 1 N–H and O–H groups in total. The Hall–Kier alpha value is -0.0800. The molecule has 88 valence electrons. The van der Waals surface area contributed by atoms with E-state index in [0.29, 0.717) is 0 Å². The molecule has 1 aliphatic heterocycles. The minimum absolute atomic E-state index is 0.764. The SMILES string of the molecule is CNC1CCN(CC2CCCC2)C(C)C1. The third-order valence-corrected chi connectivity index (χ3v) is 4.39. The van der Waals surface area contributed by atoms with Crippen molar-refractivity contribution in [2.75, 3.05) is 20.1 Å². The highest BCUT2D eigenvalue weighted by Gasteiger charge is 2.27. The van der Waals surface area contributed by atoms with Crippen LogP contribution in [0.15, 0.2) is 0 Å². The van der Waals surface area contributed by atoms with Crippen molar-refractivity contribution in [3.8, 4) is 0 Å². The van der Waals surface area contributed by atoms with Gasteiger partial charge in [-0.05, 0) is 52.1 Å². The standard InChI is InChI=1S/C13H26N2/c1-11-9-13(14-2)7-8-15(11)10-12-5-3-4-6-12/h11-14H,3-10H2,1-2H3. The summed E-state index contributed by atoms with van der Waals surface area (Å²) in [4.78, 5) is 2.73. The quantitative estimate of drug-likeness (QED) is 0.768. The maximum Gasteiger partial charge on any atom is 0.00910 e. The van der Waals surface area contributed by atoms with Gasteiger partial charge in [-0.1, -0.05) is 12.8 Å². The molecule has 0 radical (unpaired) electrons. The van der Waals surface area contributed by atoms with Crippen LogP contribution in [0.2, 0.25) is 0 Å². The molecule has 2 fully saturated rings. The zero-order chi connectivity index (χ0) is 10.7. The Morgan fingerprint density at radius 2 is 1.93 bits per heavy atom. The van der Waals surface area contributed by atoms with Crippen molar-refractivity contribution in [2.24, 2.45) is 5.92 Å². The van der Waals surface area contributed by atoms with Gasteiger partial charge in [0.15, 0.2) is 0 Å². The largest absolute Gasteiger partial charge is 0.317 e. The maximum atomic E-state index is 3.42. The monoisotopic (exact) mass is 210 g/mol. The van der Waals surface area contributed by atoms with Crippen molar-refractivity contribution in [3.05, 3.63) is 0 Å². The van der Waals surface area contributed by atoms with Crippen molar-refractivity contribution >= 4 is 0 Å². The number of hydrogen-bond acceptors (Lipinski definition) is 2. The molecule has 2 atom stereocenters. The minimum Gasteiger partial charge on any atom is -0.317 e. The molecular weight excluding hydrogens is 184 g/mol. The molecule has 1 aliphatic carbocycles. The molecule has 0 bridgehead atoms. The topological polar surface area (TPSA) is 15.3 Å². The van der Waals surface area contributed by atoms with Gasteiger partial charge in [-0.15, -0.1) is 0 Å². The van der Waals surface area contributed by atoms with Crippen molar-refractivity contribution < 1.29 is 0 Å². The fraction of sp³-hybridized carbons (Fsp3) is 1.00. The zero-order valence-electron chi connectivity index (χ0n) is 10.3. The average Bonchev–Trinajstić information content (AvgIpc) is 2.74. The lowest BCUT2D eigenvalue weighted by molar-refractivity contribution is 0.119. The van der Waals surface area contributed by atoms with E-state index in [0.717, 1.165) is 18.0 Å². The summed E-state index contributed by atoms with van der Waals surface area (Å²) in [5.41, 5.74) is 0. The molecule has 2 unspecified atom stereocenters. The second-order valence-electron chi connectivity index (χ2n) is 5.50. The molecule has 1 saturated carbocycles. The second-order valence-corrected chi connectivity index (χ2v) is 5.50. The zero-order valence-corrected chi connectivity index (χ0v) is 10.3. The van der Waals surface area contributed by atoms with Crippen molar-refractivity contribution in [1.82, 2.24) is 10.2 Å². The molecule has 2 aliphatic rings. The predicted molar refractivity (Wildman–Crippen MR) is 65.1 cm³/mol. The summed E-state index contributed by atoms with van der Waals surface area (Å²) in [6.07, 6.45) is 8.60. The molecule has 2 heteroatoms. The van der Waals surface area contributed by atoms with E-state index in [9.17, 15) is 0 Å². The molecule has 2 nitrogen and oxygen atoms in total. The number of nitrogens with zero attached hydrogens (tertiary/aromatic N) is 1. The van der Waals surface area contributed by atoms with Crippen LogP contribution in [0.4, 0.5) is 0 Å². The van der Waals surface area contributed by atoms with Gasteiger partial charge in [0, 0.05) is 18.6 Å². The molecule has 1 heterocycles. The Kier molecular flexibility index (Phi) is 4.04. The van der Waals surface area contributed by atoms with Crippen LogP contribution in [-0.2, 0) is 0 Å². The minimum atomic E-state index is 0.764. The van der Waals surface area contributed by atoms with Gasteiger partial charge in [0.2, 0.25) is 0 Å². The summed E-state index contributed by atoms with van der Waals surface area (Å²) < 4.78 is 0. The molecule has 0 amide bonds. The third-order valence-electron chi connectivity index (χ3n) is 4.39. The van der Waals surface area contributed by atoms with Gasteiger partial charge in [-0.3, -0.25) is 0 Å². The number of rotatable bonds is 3. The van der Waals surface area contributed by atoms with Gasteiger partial charge in [0.05, 0.1) is 0 Å². The molecule has 0 spiro atoms. The van der Waals surface area contributed by atoms with E-state index in [1.54, 1.807) is 0 Å². The van der Waals surface area contributed by atoms with Crippen LogP contribution < -0.4 is 5.32 Å². The first-order valence-corrected chi connectivity index (χ1v) is 6.71. The van der Waals surface area contributed by atoms with Crippen LogP contribution >= 0.6 is 0 Å². The molecule has 0 aromatic carbocycles. The van der Waals surface area contributed by atoms with Gasteiger partial charge in [0.1, 0.15) is 0 Å². The van der Waals surface area contributed by atoms with Crippen LogP contribution in [0.1, 0.15) is 45.4 Å². The third kappa shape index (κ3) is 2.94. The lowest BCUT2D eigenvalue weighted by Crippen LogP contribution is -2.47. The van der Waals surface area contributed by atoms with Gasteiger partial charge in [0.25, 0.3) is 0 Å². The van der Waals surface area contributed by atoms with Gasteiger partial charge >= 0.3 is 0 Å². The highest BCUT2D eigenvalue weighted by Crippen LogP contribution is 2.28. The number of nitrogens with one attached hydrogen (secondary N) is 1.